The highest BCUT2D eigenvalue weighted by Crippen LogP contribution is 2.33. The quantitative estimate of drug-likeness (QED) is 0.540. The van der Waals surface area contributed by atoms with Crippen LogP contribution in [0.5, 0.6) is 0 Å². The molecule has 8 heteroatoms. The Bertz CT molecular complexity index is 1300. The number of amides is 4. The predicted octanol–water partition coefficient (Wildman–Crippen LogP) is 2.64. The molecule has 3 aromatic rings. The van der Waals surface area contributed by atoms with E-state index in [1.54, 1.807) is 0 Å². The summed E-state index contributed by atoms with van der Waals surface area (Å²) in [5.74, 6) is -0.702. The van der Waals surface area contributed by atoms with Crippen LogP contribution in [-0.2, 0) is 35.5 Å². The van der Waals surface area contributed by atoms with Gasteiger partial charge < -0.3 is 10.6 Å². The maximum Gasteiger partial charge on any atom is 0.325 e. The van der Waals surface area contributed by atoms with Gasteiger partial charge in [0.1, 0.15) is 12.1 Å². The average Bonchev–Trinajstić information content (AvgIpc) is 3.24. The van der Waals surface area contributed by atoms with Crippen molar-refractivity contribution < 1.29 is 14.4 Å². The molecule has 1 aliphatic carbocycles. The first-order valence-electron chi connectivity index (χ1n) is 11.9. The molecular formula is C27H29N5O3. The number of nitrogens with one attached hydrogen (secondary N) is 2. The summed E-state index contributed by atoms with van der Waals surface area (Å²) in [6.45, 7) is 4.53. The first-order valence-corrected chi connectivity index (χ1v) is 11.9. The summed E-state index contributed by atoms with van der Waals surface area (Å²) in [5.41, 5.74) is 5.21. The SMILES string of the molecule is Cc1nn(Cc2ccccc2)c(C)c1CNC(=O)CN1C(=O)NC2(CCc3ccccc3C2)C1=O. The topological polar surface area (TPSA) is 96.3 Å². The van der Waals surface area contributed by atoms with Crippen molar-refractivity contribution in [3.8, 4) is 0 Å². The Morgan fingerprint density at radius 1 is 1.06 bits per heavy atom. The van der Waals surface area contributed by atoms with Gasteiger partial charge in [-0.1, -0.05) is 54.6 Å². The number of carbonyl (C=O) groups excluding carboxylic acids is 3. The molecule has 1 saturated heterocycles. The molecule has 1 aromatic heterocycles. The average molecular weight is 472 g/mol. The van der Waals surface area contributed by atoms with Gasteiger partial charge >= 0.3 is 6.03 Å². The molecule has 4 amide bonds. The number of nitrogens with zero attached hydrogens (tertiary/aromatic N) is 3. The number of urea groups is 1. The van der Waals surface area contributed by atoms with Crippen LogP contribution in [0.2, 0.25) is 0 Å². The maximum atomic E-state index is 13.2. The van der Waals surface area contributed by atoms with Gasteiger partial charge in [0.05, 0.1) is 12.2 Å². The van der Waals surface area contributed by atoms with Crippen molar-refractivity contribution in [1.29, 1.82) is 0 Å². The largest absolute Gasteiger partial charge is 0.350 e. The third-order valence-electron chi connectivity index (χ3n) is 7.15. The van der Waals surface area contributed by atoms with Crippen LogP contribution in [-0.4, -0.2) is 44.6 Å². The molecule has 5 rings (SSSR count). The fraction of sp³-hybridized carbons (Fsp3) is 0.333. The minimum absolute atomic E-state index is 0.285. The second kappa shape index (κ2) is 9.02. The Kier molecular flexibility index (Phi) is 5.88. The van der Waals surface area contributed by atoms with E-state index in [0.29, 0.717) is 25.8 Å². The van der Waals surface area contributed by atoms with E-state index in [-0.39, 0.29) is 24.9 Å². The molecule has 0 bridgehead atoms. The summed E-state index contributed by atoms with van der Waals surface area (Å²) < 4.78 is 1.92. The summed E-state index contributed by atoms with van der Waals surface area (Å²) in [5, 5.41) is 10.4. The maximum absolute atomic E-state index is 13.2. The zero-order valence-electron chi connectivity index (χ0n) is 20.0. The summed E-state index contributed by atoms with van der Waals surface area (Å²) >= 11 is 0. The van der Waals surface area contributed by atoms with Crippen molar-refractivity contribution in [3.63, 3.8) is 0 Å². The molecule has 1 aliphatic heterocycles. The van der Waals surface area contributed by atoms with Crippen LogP contribution in [0.15, 0.2) is 54.6 Å². The second-order valence-corrected chi connectivity index (χ2v) is 9.42. The van der Waals surface area contributed by atoms with Gasteiger partial charge in [-0.25, -0.2) is 4.79 Å². The summed E-state index contributed by atoms with van der Waals surface area (Å²) in [7, 11) is 0. The lowest BCUT2D eigenvalue weighted by atomic mass is 9.78. The van der Waals surface area contributed by atoms with Crippen LogP contribution in [0.25, 0.3) is 0 Å². The summed E-state index contributed by atoms with van der Waals surface area (Å²) in [4.78, 5) is 39.7. The van der Waals surface area contributed by atoms with Crippen LogP contribution in [0.1, 0.15) is 40.1 Å². The fourth-order valence-corrected chi connectivity index (χ4v) is 5.13. The number of aryl methyl sites for hydroxylation is 2. The van der Waals surface area contributed by atoms with E-state index in [0.717, 1.165) is 33.0 Å². The zero-order valence-corrected chi connectivity index (χ0v) is 20.0. The van der Waals surface area contributed by atoms with E-state index < -0.39 is 11.6 Å². The van der Waals surface area contributed by atoms with Gasteiger partial charge in [-0.2, -0.15) is 5.10 Å². The number of aromatic nitrogens is 2. The number of hydrogen-bond acceptors (Lipinski definition) is 4. The van der Waals surface area contributed by atoms with Crippen LogP contribution in [0, 0.1) is 13.8 Å². The van der Waals surface area contributed by atoms with Crippen molar-refractivity contribution in [1.82, 2.24) is 25.3 Å². The van der Waals surface area contributed by atoms with Crippen LogP contribution in [0.4, 0.5) is 4.79 Å². The van der Waals surface area contributed by atoms with Gasteiger partial charge in [0.25, 0.3) is 5.91 Å². The molecule has 0 saturated carbocycles. The lowest BCUT2D eigenvalue weighted by Gasteiger charge is -2.32. The van der Waals surface area contributed by atoms with Crippen molar-refractivity contribution in [2.45, 2.75) is 51.7 Å². The highest BCUT2D eigenvalue weighted by atomic mass is 16.2. The molecule has 2 aliphatic rings. The Balaban J connectivity index is 1.22. The molecule has 0 radical (unpaired) electrons. The van der Waals surface area contributed by atoms with Crippen molar-refractivity contribution in [2.24, 2.45) is 0 Å². The molecule has 1 spiro atoms. The van der Waals surface area contributed by atoms with Gasteiger partial charge in [-0.05, 0) is 43.4 Å². The fourth-order valence-electron chi connectivity index (χ4n) is 5.13. The van der Waals surface area contributed by atoms with Gasteiger partial charge in [0.2, 0.25) is 5.91 Å². The highest BCUT2D eigenvalue weighted by Gasteiger charge is 2.52. The summed E-state index contributed by atoms with van der Waals surface area (Å²) in [6.07, 6.45) is 1.70. The minimum atomic E-state index is -0.961. The Hall–Kier alpha value is -3.94. The molecule has 2 aromatic carbocycles. The summed E-state index contributed by atoms with van der Waals surface area (Å²) in [6, 6.07) is 17.5. The van der Waals surface area contributed by atoms with E-state index in [1.807, 2.05) is 67.1 Å². The highest BCUT2D eigenvalue weighted by molar-refractivity contribution is 6.09. The number of rotatable bonds is 6. The molecule has 1 fully saturated rings. The Labute approximate surface area is 204 Å². The molecule has 2 N–H and O–H groups in total. The van der Waals surface area contributed by atoms with Crippen LogP contribution >= 0.6 is 0 Å². The smallest absolute Gasteiger partial charge is 0.325 e. The monoisotopic (exact) mass is 471 g/mol. The third-order valence-corrected chi connectivity index (χ3v) is 7.15. The van der Waals surface area contributed by atoms with Crippen molar-refractivity contribution >= 4 is 17.8 Å². The number of imide groups is 1. The molecule has 2 heterocycles. The van der Waals surface area contributed by atoms with E-state index in [4.69, 9.17) is 0 Å². The number of hydrogen-bond donors (Lipinski definition) is 2. The molecule has 35 heavy (non-hydrogen) atoms. The van der Waals surface area contributed by atoms with E-state index in [9.17, 15) is 14.4 Å². The van der Waals surface area contributed by atoms with Crippen molar-refractivity contribution in [2.75, 3.05) is 6.54 Å². The minimum Gasteiger partial charge on any atom is -0.350 e. The molecule has 1 atom stereocenters. The standard InChI is InChI=1S/C27H29N5O3/c1-18-23(19(2)32(30-18)16-20-8-4-3-5-9-20)15-28-24(33)17-31-25(34)27(29-26(31)35)13-12-21-10-6-7-11-22(21)14-27/h3-11H,12-17H2,1-2H3,(H,28,33)(H,29,35). The third kappa shape index (κ3) is 4.32. The number of fused-ring (bicyclic) bond motifs is 1. The zero-order chi connectivity index (χ0) is 24.6. The predicted molar refractivity (Wildman–Crippen MR) is 131 cm³/mol. The lowest BCUT2D eigenvalue weighted by Crippen LogP contribution is -2.51. The Morgan fingerprint density at radius 3 is 2.54 bits per heavy atom. The van der Waals surface area contributed by atoms with Crippen LogP contribution in [0.3, 0.4) is 0 Å². The molecule has 180 valence electrons. The number of benzene rings is 2. The Morgan fingerprint density at radius 2 is 1.77 bits per heavy atom. The van der Waals surface area contributed by atoms with Gasteiger partial charge in [0, 0.05) is 24.2 Å². The van der Waals surface area contributed by atoms with Gasteiger partial charge in [0.15, 0.2) is 0 Å². The lowest BCUT2D eigenvalue weighted by molar-refractivity contribution is -0.135. The molecule has 8 nitrogen and oxygen atoms in total. The molecule has 1 unspecified atom stereocenters. The van der Waals surface area contributed by atoms with Crippen LogP contribution < -0.4 is 10.6 Å². The first-order chi connectivity index (χ1) is 16.9. The number of carbonyl (C=O) groups is 3. The van der Waals surface area contributed by atoms with Gasteiger partial charge in [-0.15, -0.1) is 0 Å². The first kappa shape index (κ1) is 22.8. The second-order valence-electron chi connectivity index (χ2n) is 9.42. The van der Waals surface area contributed by atoms with E-state index >= 15 is 0 Å². The molecular weight excluding hydrogens is 442 g/mol. The van der Waals surface area contributed by atoms with Crippen molar-refractivity contribution in [3.05, 3.63) is 88.2 Å². The normalized spacial score (nSPS) is 19.1. The van der Waals surface area contributed by atoms with E-state index in [1.165, 1.54) is 5.56 Å². The van der Waals surface area contributed by atoms with E-state index in [2.05, 4.69) is 21.8 Å². The van der Waals surface area contributed by atoms with Gasteiger partial charge in [-0.3, -0.25) is 19.2 Å².